The second-order valence-corrected chi connectivity index (χ2v) is 6.21. The van der Waals surface area contributed by atoms with Crippen LogP contribution in [0.1, 0.15) is 18.4 Å². The third-order valence-electron chi connectivity index (χ3n) is 4.52. The lowest BCUT2D eigenvalue weighted by Crippen LogP contribution is -2.55. The predicted molar refractivity (Wildman–Crippen MR) is 90.2 cm³/mol. The van der Waals surface area contributed by atoms with Crippen molar-refractivity contribution in [3.05, 3.63) is 35.9 Å². The zero-order valence-corrected chi connectivity index (χ0v) is 14.3. The summed E-state index contributed by atoms with van der Waals surface area (Å²) in [7, 11) is 3.10. The van der Waals surface area contributed by atoms with Gasteiger partial charge < -0.3 is 20.1 Å². The summed E-state index contributed by atoms with van der Waals surface area (Å²) in [6.45, 7) is 1.04. The fraction of sp³-hybridized carbons (Fsp3) is 0.556. The van der Waals surface area contributed by atoms with Crippen molar-refractivity contribution in [1.82, 2.24) is 4.90 Å². The maximum absolute atomic E-state index is 13.0. The summed E-state index contributed by atoms with van der Waals surface area (Å²) in [5.74, 6) is -0.916. The van der Waals surface area contributed by atoms with E-state index < -0.39 is 5.92 Å². The van der Waals surface area contributed by atoms with Gasteiger partial charge in [0.25, 0.3) is 0 Å². The number of methoxy groups -OCH3 is 1. The van der Waals surface area contributed by atoms with Gasteiger partial charge in [-0.3, -0.25) is 9.59 Å². The average Bonchev–Trinajstić information content (AvgIpc) is 2.61. The van der Waals surface area contributed by atoms with Gasteiger partial charge in [0, 0.05) is 19.7 Å². The summed E-state index contributed by atoms with van der Waals surface area (Å²) in [5.41, 5.74) is 7.11. The molecule has 6 heteroatoms. The van der Waals surface area contributed by atoms with Gasteiger partial charge in [0.15, 0.2) is 0 Å². The number of carbonyl (C=O) groups is 2. The summed E-state index contributed by atoms with van der Waals surface area (Å²) in [6.07, 6.45) is 1.27. The number of benzene rings is 1. The molecule has 1 fully saturated rings. The third-order valence-corrected chi connectivity index (χ3v) is 4.52. The van der Waals surface area contributed by atoms with E-state index in [0.29, 0.717) is 26.1 Å². The van der Waals surface area contributed by atoms with E-state index in [1.807, 2.05) is 30.3 Å². The Bertz CT molecular complexity index is 549. The molecule has 0 spiro atoms. The number of likely N-dealkylation sites (N-methyl/N-ethyl adjacent to an activating group) is 1. The summed E-state index contributed by atoms with van der Waals surface area (Å²) < 4.78 is 10.1. The highest BCUT2D eigenvalue weighted by atomic mass is 16.5. The molecule has 1 saturated heterocycles. The lowest BCUT2D eigenvalue weighted by Gasteiger charge is -2.37. The van der Waals surface area contributed by atoms with Gasteiger partial charge in [-0.2, -0.15) is 0 Å². The van der Waals surface area contributed by atoms with Crippen LogP contribution < -0.4 is 5.73 Å². The van der Waals surface area contributed by atoms with Crippen LogP contribution in [-0.4, -0.2) is 56.2 Å². The predicted octanol–water partition coefficient (Wildman–Crippen LogP) is 0.983. The van der Waals surface area contributed by atoms with Crippen LogP contribution in [0.2, 0.25) is 0 Å². The third kappa shape index (κ3) is 4.79. The van der Waals surface area contributed by atoms with Crippen LogP contribution in [0.3, 0.4) is 0 Å². The van der Waals surface area contributed by atoms with Crippen molar-refractivity contribution in [2.75, 3.05) is 27.4 Å². The Morgan fingerprint density at radius 1 is 1.38 bits per heavy atom. The molecule has 3 atom stereocenters. The van der Waals surface area contributed by atoms with E-state index in [1.165, 1.54) is 7.11 Å². The smallest absolute Gasteiger partial charge is 0.306 e. The lowest BCUT2D eigenvalue weighted by atomic mass is 9.93. The molecule has 24 heavy (non-hydrogen) atoms. The molecule has 1 aromatic carbocycles. The molecule has 0 aliphatic carbocycles. The zero-order chi connectivity index (χ0) is 17.5. The first-order valence-corrected chi connectivity index (χ1v) is 8.23. The van der Waals surface area contributed by atoms with Gasteiger partial charge in [-0.15, -0.1) is 0 Å². The van der Waals surface area contributed by atoms with Crippen molar-refractivity contribution in [1.29, 1.82) is 0 Å². The number of rotatable bonds is 6. The van der Waals surface area contributed by atoms with Crippen LogP contribution in [-0.2, 0) is 25.5 Å². The Balaban J connectivity index is 2.11. The maximum atomic E-state index is 13.0. The fourth-order valence-corrected chi connectivity index (χ4v) is 3.11. The van der Waals surface area contributed by atoms with Gasteiger partial charge in [0.2, 0.25) is 5.91 Å². The van der Waals surface area contributed by atoms with Crippen LogP contribution in [0.25, 0.3) is 0 Å². The molecule has 2 N–H and O–H groups in total. The minimum absolute atomic E-state index is 0.0625. The van der Waals surface area contributed by atoms with Crippen molar-refractivity contribution in [3.8, 4) is 0 Å². The van der Waals surface area contributed by atoms with Crippen LogP contribution in [0.4, 0.5) is 0 Å². The highest BCUT2D eigenvalue weighted by Crippen LogP contribution is 2.20. The minimum atomic E-state index is -0.458. The van der Waals surface area contributed by atoms with Gasteiger partial charge in [0.05, 0.1) is 32.1 Å². The topological polar surface area (TPSA) is 81.9 Å². The van der Waals surface area contributed by atoms with E-state index in [2.05, 4.69) is 0 Å². The van der Waals surface area contributed by atoms with E-state index in [1.54, 1.807) is 11.9 Å². The second-order valence-electron chi connectivity index (χ2n) is 6.21. The Labute approximate surface area is 142 Å². The Kier molecular flexibility index (Phi) is 6.75. The first-order valence-electron chi connectivity index (χ1n) is 8.23. The number of esters is 1. The molecule has 1 aromatic rings. The van der Waals surface area contributed by atoms with Crippen LogP contribution >= 0.6 is 0 Å². The Morgan fingerprint density at radius 2 is 2.08 bits per heavy atom. The molecule has 132 valence electrons. The number of amides is 1. The monoisotopic (exact) mass is 334 g/mol. The molecule has 0 bridgehead atoms. The average molecular weight is 334 g/mol. The lowest BCUT2D eigenvalue weighted by molar-refractivity contribution is -0.148. The molecule has 6 nitrogen and oxygen atoms in total. The molecule has 0 aromatic heterocycles. The number of nitrogens with two attached hydrogens (primary N) is 1. The van der Waals surface area contributed by atoms with Crippen molar-refractivity contribution >= 4 is 11.9 Å². The molecule has 0 radical (unpaired) electrons. The molecule has 2 rings (SSSR count). The summed E-state index contributed by atoms with van der Waals surface area (Å²) in [6, 6.07) is 9.41. The molecular weight excluding hydrogens is 308 g/mol. The van der Waals surface area contributed by atoms with Crippen LogP contribution in [0.5, 0.6) is 0 Å². The first-order chi connectivity index (χ1) is 11.5. The van der Waals surface area contributed by atoms with E-state index in [9.17, 15) is 9.59 Å². The molecular formula is C18H26N2O4. The minimum Gasteiger partial charge on any atom is -0.469 e. The quantitative estimate of drug-likeness (QED) is 0.784. The molecule has 0 saturated carbocycles. The van der Waals surface area contributed by atoms with Crippen LogP contribution in [0, 0.1) is 5.92 Å². The van der Waals surface area contributed by atoms with E-state index in [0.717, 1.165) is 5.56 Å². The Morgan fingerprint density at radius 3 is 2.71 bits per heavy atom. The van der Waals surface area contributed by atoms with Crippen LogP contribution in [0.15, 0.2) is 30.3 Å². The standard InChI is InChI=1S/C18H26N2O4/c1-20(16-8-9-24-12-15(16)19)18(22)14(11-17(21)23-2)10-13-6-4-3-5-7-13/h3-7,14-16H,8-12,19H2,1-2H3/t14-,15?,16?/m1/s1. The number of ether oxygens (including phenoxy) is 2. The highest BCUT2D eigenvalue weighted by Gasteiger charge is 2.33. The van der Waals surface area contributed by atoms with E-state index in [4.69, 9.17) is 15.2 Å². The summed E-state index contributed by atoms with van der Waals surface area (Å²) in [5, 5.41) is 0. The van der Waals surface area contributed by atoms with Crippen molar-refractivity contribution < 1.29 is 19.1 Å². The van der Waals surface area contributed by atoms with E-state index in [-0.39, 0.29) is 30.4 Å². The summed E-state index contributed by atoms with van der Waals surface area (Å²) in [4.78, 5) is 26.4. The molecule has 1 aliphatic rings. The number of hydrogen-bond acceptors (Lipinski definition) is 5. The van der Waals surface area contributed by atoms with Gasteiger partial charge in [-0.25, -0.2) is 0 Å². The van der Waals surface area contributed by atoms with Gasteiger partial charge in [-0.1, -0.05) is 30.3 Å². The fourth-order valence-electron chi connectivity index (χ4n) is 3.11. The largest absolute Gasteiger partial charge is 0.469 e. The number of hydrogen-bond donors (Lipinski definition) is 1. The molecule has 1 heterocycles. The second kappa shape index (κ2) is 8.80. The number of carbonyl (C=O) groups excluding carboxylic acids is 2. The van der Waals surface area contributed by atoms with E-state index >= 15 is 0 Å². The molecule has 1 aliphatic heterocycles. The zero-order valence-electron chi connectivity index (χ0n) is 14.3. The van der Waals surface area contributed by atoms with Crippen molar-refractivity contribution in [3.63, 3.8) is 0 Å². The molecule has 1 amide bonds. The summed E-state index contributed by atoms with van der Waals surface area (Å²) >= 11 is 0. The SMILES string of the molecule is COC(=O)C[C@@H](Cc1ccccc1)C(=O)N(C)C1CCOCC1N. The first kappa shape index (κ1) is 18.4. The Hall–Kier alpha value is -1.92. The van der Waals surface area contributed by atoms with Gasteiger partial charge >= 0.3 is 5.97 Å². The maximum Gasteiger partial charge on any atom is 0.306 e. The number of nitrogens with zero attached hydrogens (tertiary/aromatic N) is 1. The van der Waals surface area contributed by atoms with Gasteiger partial charge in [-0.05, 0) is 18.4 Å². The normalized spacial score (nSPS) is 21.8. The molecule has 2 unspecified atom stereocenters. The van der Waals surface area contributed by atoms with Crippen molar-refractivity contribution in [2.24, 2.45) is 11.7 Å². The van der Waals surface area contributed by atoms with Crippen molar-refractivity contribution in [2.45, 2.75) is 31.3 Å². The highest BCUT2D eigenvalue weighted by molar-refractivity contribution is 5.84. The van der Waals surface area contributed by atoms with Gasteiger partial charge in [0.1, 0.15) is 0 Å².